The molecule has 5 heteroatoms. The Bertz CT molecular complexity index is 419. The third-order valence-electron chi connectivity index (χ3n) is 3.44. The quantitative estimate of drug-likeness (QED) is 0.923. The lowest BCUT2D eigenvalue weighted by Crippen LogP contribution is -2.12. The minimum Gasteiger partial charge on any atom is -0.383 e. The number of rotatable bonds is 4. The van der Waals surface area contributed by atoms with Crippen LogP contribution in [0.3, 0.4) is 0 Å². The summed E-state index contributed by atoms with van der Waals surface area (Å²) in [5, 5.41) is 0. The number of aromatic nitrogens is 2. The molecule has 100 valence electrons. The van der Waals surface area contributed by atoms with Crippen LogP contribution in [-0.4, -0.2) is 16.6 Å². The normalized spacial score (nSPS) is 18.2. The Morgan fingerprint density at radius 1 is 1.39 bits per heavy atom. The molecular weight excluding hydrogens is 294 g/mol. The maximum atomic E-state index is 5.97. The second kappa shape index (κ2) is 5.97. The maximum absolute atomic E-state index is 5.97. The van der Waals surface area contributed by atoms with Crippen LogP contribution >= 0.6 is 15.9 Å². The van der Waals surface area contributed by atoms with E-state index in [0.29, 0.717) is 24.2 Å². The van der Waals surface area contributed by atoms with Gasteiger partial charge >= 0.3 is 0 Å². The van der Waals surface area contributed by atoms with Crippen LogP contribution in [0.15, 0.2) is 4.47 Å². The zero-order chi connectivity index (χ0) is 13.1. The van der Waals surface area contributed by atoms with Gasteiger partial charge < -0.3 is 10.5 Å². The second-order valence-corrected chi connectivity index (χ2v) is 5.54. The van der Waals surface area contributed by atoms with E-state index < -0.39 is 0 Å². The van der Waals surface area contributed by atoms with Gasteiger partial charge in [-0.2, -0.15) is 0 Å². The summed E-state index contributed by atoms with van der Waals surface area (Å²) in [7, 11) is 0. The van der Waals surface area contributed by atoms with Crippen LogP contribution in [0.5, 0.6) is 0 Å². The standard InChI is InChI=1S/C13H20BrN3O/c1-3-18-8(2)13-16-11(9-6-4-5-7-9)10(14)12(15)17-13/h8-9H,3-7H2,1-2H3,(H2,15,16,17). The number of nitrogens with two attached hydrogens (primary N) is 1. The van der Waals surface area contributed by atoms with E-state index in [-0.39, 0.29) is 6.10 Å². The van der Waals surface area contributed by atoms with E-state index in [1.165, 1.54) is 25.7 Å². The van der Waals surface area contributed by atoms with Crippen molar-refractivity contribution in [1.82, 2.24) is 9.97 Å². The highest BCUT2D eigenvalue weighted by Gasteiger charge is 2.24. The Morgan fingerprint density at radius 2 is 2.06 bits per heavy atom. The SMILES string of the molecule is CCOC(C)c1nc(N)c(Br)c(C2CCCC2)n1. The average Bonchev–Trinajstić information content (AvgIpc) is 2.86. The minimum atomic E-state index is -0.106. The van der Waals surface area contributed by atoms with Crippen LogP contribution < -0.4 is 5.73 Å². The molecule has 1 saturated carbocycles. The maximum Gasteiger partial charge on any atom is 0.159 e. The van der Waals surface area contributed by atoms with Crippen molar-refractivity contribution in [3.8, 4) is 0 Å². The van der Waals surface area contributed by atoms with Gasteiger partial charge in [-0.05, 0) is 42.6 Å². The molecule has 0 saturated heterocycles. The monoisotopic (exact) mass is 313 g/mol. The largest absolute Gasteiger partial charge is 0.383 e. The zero-order valence-electron chi connectivity index (χ0n) is 10.9. The summed E-state index contributed by atoms with van der Waals surface area (Å²) in [5.41, 5.74) is 7.03. The Labute approximate surface area is 116 Å². The Morgan fingerprint density at radius 3 is 2.67 bits per heavy atom. The van der Waals surface area contributed by atoms with E-state index in [4.69, 9.17) is 10.5 Å². The fourth-order valence-corrected chi connectivity index (χ4v) is 2.98. The molecule has 0 bridgehead atoms. The van der Waals surface area contributed by atoms with Gasteiger partial charge in [0, 0.05) is 12.5 Å². The van der Waals surface area contributed by atoms with Crippen LogP contribution in [-0.2, 0) is 4.74 Å². The molecule has 1 aliphatic carbocycles. The van der Waals surface area contributed by atoms with Crippen molar-refractivity contribution in [3.05, 3.63) is 16.0 Å². The summed E-state index contributed by atoms with van der Waals surface area (Å²) in [6.45, 7) is 4.58. The first-order valence-corrected chi connectivity index (χ1v) is 7.37. The van der Waals surface area contributed by atoms with Gasteiger partial charge in [0.2, 0.25) is 0 Å². The highest BCUT2D eigenvalue weighted by Crippen LogP contribution is 2.38. The molecule has 1 unspecified atom stereocenters. The fourth-order valence-electron chi connectivity index (χ4n) is 2.48. The van der Waals surface area contributed by atoms with Crippen molar-refractivity contribution in [2.24, 2.45) is 0 Å². The molecule has 18 heavy (non-hydrogen) atoms. The molecule has 2 rings (SSSR count). The van der Waals surface area contributed by atoms with E-state index in [1.54, 1.807) is 0 Å². The minimum absolute atomic E-state index is 0.106. The highest BCUT2D eigenvalue weighted by molar-refractivity contribution is 9.10. The number of nitrogen functional groups attached to an aromatic ring is 1. The molecule has 0 amide bonds. The molecule has 1 aromatic heterocycles. The van der Waals surface area contributed by atoms with Crippen molar-refractivity contribution in [3.63, 3.8) is 0 Å². The van der Waals surface area contributed by atoms with E-state index in [1.807, 2.05) is 13.8 Å². The second-order valence-electron chi connectivity index (χ2n) is 4.75. The zero-order valence-corrected chi connectivity index (χ0v) is 12.5. The van der Waals surface area contributed by atoms with Crippen LogP contribution in [0.2, 0.25) is 0 Å². The van der Waals surface area contributed by atoms with Gasteiger partial charge in [-0.25, -0.2) is 9.97 Å². The first-order chi connectivity index (χ1) is 8.63. The first-order valence-electron chi connectivity index (χ1n) is 6.57. The molecule has 1 heterocycles. The van der Waals surface area contributed by atoms with Crippen molar-refractivity contribution in [2.75, 3.05) is 12.3 Å². The predicted molar refractivity (Wildman–Crippen MR) is 75.4 cm³/mol. The van der Waals surface area contributed by atoms with Gasteiger partial charge in [-0.1, -0.05) is 12.8 Å². The van der Waals surface area contributed by atoms with Crippen LogP contribution in [0.1, 0.15) is 63.1 Å². The van der Waals surface area contributed by atoms with Gasteiger partial charge in [0.15, 0.2) is 5.82 Å². The van der Waals surface area contributed by atoms with Gasteiger partial charge in [-0.3, -0.25) is 0 Å². The van der Waals surface area contributed by atoms with Crippen LogP contribution in [0.4, 0.5) is 5.82 Å². The molecule has 0 aliphatic heterocycles. The third-order valence-corrected chi connectivity index (χ3v) is 4.25. The lowest BCUT2D eigenvalue weighted by atomic mass is 10.0. The van der Waals surface area contributed by atoms with Crippen molar-refractivity contribution < 1.29 is 4.74 Å². The average molecular weight is 314 g/mol. The molecule has 0 radical (unpaired) electrons. The number of ether oxygens (including phenoxy) is 1. The number of halogens is 1. The smallest absolute Gasteiger partial charge is 0.159 e. The lowest BCUT2D eigenvalue weighted by Gasteiger charge is -2.16. The summed E-state index contributed by atoms with van der Waals surface area (Å²) in [4.78, 5) is 8.99. The van der Waals surface area contributed by atoms with Crippen molar-refractivity contribution in [2.45, 2.75) is 51.6 Å². The lowest BCUT2D eigenvalue weighted by molar-refractivity contribution is 0.0699. The van der Waals surface area contributed by atoms with Gasteiger partial charge in [0.25, 0.3) is 0 Å². The van der Waals surface area contributed by atoms with Crippen LogP contribution in [0.25, 0.3) is 0 Å². The summed E-state index contributed by atoms with van der Waals surface area (Å²) in [5.74, 6) is 1.73. The molecule has 1 aliphatic rings. The Balaban J connectivity index is 2.32. The van der Waals surface area contributed by atoms with Gasteiger partial charge in [-0.15, -0.1) is 0 Å². The summed E-state index contributed by atoms with van der Waals surface area (Å²) in [6, 6.07) is 0. The van der Waals surface area contributed by atoms with Gasteiger partial charge in [0.05, 0.1) is 10.2 Å². The summed E-state index contributed by atoms with van der Waals surface area (Å²) in [6.07, 6.45) is 4.83. The Hall–Kier alpha value is -0.680. The van der Waals surface area contributed by atoms with Crippen molar-refractivity contribution in [1.29, 1.82) is 0 Å². The highest BCUT2D eigenvalue weighted by atomic mass is 79.9. The van der Waals surface area contributed by atoms with E-state index in [9.17, 15) is 0 Å². The molecule has 0 spiro atoms. The van der Waals surface area contributed by atoms with Crippen LogP contribution in [0, 0.1) is 0 Å². The fraction of sp³-hybridized carbons (Fsp3) is 0.692. The van der Waals surface area contributed by atoms with E-state index in [2.05, 4.69) is 25.9 Å². The van der Waals surface area contributed by atoms with E-state index in [0.717, 1.165) is 10.2 Å². The first kappa shape index (κ1) is 13.7. The summed E-state index contributed by atoms with van der Waals surface area (Å²) >= 11 is 3.52. The molecular formula is C13H20BrN3O. The number of nitrogens with zero attached hydrogens (tertiary/aromatic N) is 2. The summed E-state index contributed by atoms with van der Waals surface area (Å²) < 4.78 is 6.41. The van der Waals surface area contributed by atoms with Gasteiger partial charge in [0.1, 0.15) is 11.9 Å². The topological polar surface area (TPSA) is 61.0 Å². The molecule has 4 nitrogen and oxygen atoms in total. The van der Waals surface area contributed by atoms with E-state index >= 15 is 0 Å². The molecule has 2 N–H and O–H groups in total. The Kier molecular flexibility index (Phi) is 4.56. The molecule has 0 aromatic carbocycles. The number of anilines is 1. The number of hydrogen-bond acceptors (Lipinski definition) is 4. The molecule has 1 fully saturated rings. The number of hydrogen-bond donors (Lipinski definition) is 1. The third kappa shape index (κ3) is 2.83. The molecule has 1 atom stereocenters. The predicted octanol–water partition coefficient (Wildman–Crippen LogP) is 3.58. The van der Waals surface area contributed by atoms with Crippen molar-refractivity contribution >= 4 is 21.7 Å². The molecule has 1 aromatic rings.